The maximum atomic E-state index is 10.2. The first-order chi connectivity index (χ1) is 12.7. The van der Waals surface area contributed by atoms with Gasteiger partial charge in [-0.2, -0.15) is 0 Å². The van der Waals surface area contributed by atoms with E-state index in [9.17, 15) is 15.3 Å². The molecule has 0 aromatic carbocycles. The van der Waals surface area contributed by atoms with Gasteiger partial charge in [0.05, 0.1) is 25.0 Å². The lowest BCUT2D eigenvalue weighted by Crippen LogP contribution is -2.33. The van der Waals surface area contributed by atoms with Crippen molar-refractivity contribution in [3.05, 3.63) is 30.9 Å². The summed E-state index contributed by atoms with van der Waals surface area (Å²) in [7, 11) is 0. The Morgan fingerprint density at radius 3 is 2.81 bits per heavy atom. The van der Waals surface area contributed by atoms with Crippen LogP contribution in [0.3, 0.4) is 0 Å². The molecule has 1 saturated heterocycles. The molecule has 4 heterocycles. The van der Waals surface area contributed by atoms with Crippen LogP contribution in [0.1, 0.15) is 11.9 Å². The molecule has 4 rings (SSSR count). The van der Waals surface area contributed by atoms with Crippen LogP contribution in [0.2, 0.25) is 0 Å². The molecule has 3 aromatic rings. The molecule has 0 spiro atoms. The predicted molar refractivity (Wildman–Crippen MR) is 89.1 cm³/mol. The first-order valence-corrected chi connectivity index (χ1v) is 8.20. The fraction of sp³-hybridized carbons (Fsp3) is 0.467. The number of hydrogen-bond acceptors (Lipinski definition) is 9. The Morgan fingerprint density at radius 1 is 1.19 bits per heavy atom. The third-order valence-electron chi connectivity index (χ3n) is 4.38. The average molecular weight is 361 g/mol. The van der Waals surface area contributed by atoms with Crippen LogP contribution in [0, 0.1) is 0 Å². The van der Waals surface area contributed by atoms with Gasteiger partial charge in [-0.25, -0.2) is 19.9 Å². The number of hydrogen-bond donors (Lipinski definition) is 5. The van der Waals surface area contributed by atoms with Crippen LogP contribution >= 0.6 is 0 Å². The lowest BCUT2D eigenvalue weighted by Gasteiger charge is -2.16. The number of nitrogens with zero attached hydrogens (tertiary/aromatic N) is 5. The maximum Gasteiger partial charge on any atom is 0.167 e. The van der Waals surface area contributed by atoms with Crippen molar-refractivity contribution < 1.29 is 20.1 Å². The molecule has 1 aliphatic rings. The smallest absolute Gasteiger partial charge is 0.167 e. The number of aromatic nitrogens is 6. The van der Waals surface area contributed by atoms with Crippen LogP contribution in [0.4, 0.5) is 5.82 Å². The summed E-state index contributed by atoms with van der Waals surface area (Å²) in [6, 6.07) is 0. The minimum Gasteiger partial charge on any atom is -0.394 e. The second-order valence-corrected chi connectivity index (χ2v) is 6.01. The minimum atomic E-state index is -1.20. The second-order valence-electron chi connectivity index (χ2n) is 6.01. The molecule has 3 aromatic heterocycles. The Morgan fingerprint density at radius 2 is 2.08 bits per heavy atom. The molecule has 138 valence electrons. The van der Waals surface area contributed by atoms with Crippen molar-refractivity contribution in [2.75, 3.05) is 18.5 Å². The summed E-state index contributed by atoms with van der Waals surface area (Å²) in [5.41, 5.74) is 1.91. The topological polar surface area (TPSA) is 154 Å². The highest BCUT2D eigenvalue weighted by molar-refractivity contribution is 5.82. The second kappa shape index (κ2) is 6.96. The Kier molecular flexibility index (Phi) is 4.51. The normalized spacial score (nSPS) is 25.8. The predicted octanol–water partition coefficient (Wildman–Crippen LogP) is -1.18. The van der Waals surface area contributed by atoms with E-state index in [-0.39, 0.29) is 0 Å². The Hall–Kier alpha value is -2.60. The van der Waals surface area contributed by atoms with E-state index in [2.05, 4.69) is 30.2 Å². The summed E-state index contributed by atoms with van der Waals surface area (Å²) < 4.78 is 7.07. The Balaban J connectivity index is 1.55. The van der Waals surface area contributed by atoms with Crippen LogP contribution in [0.25, 0.3) is 11.2 Å². The van der Waals surface area contributed by atoms with E-state index in [0.717, 1.165) is 5.69 Å². The highest BCUT2D eigenvalue weighted by Gasteiger charge is 2.44. The first kappa shape index (κ1) is 16.8. The number of rotatable bonds is 6. The Labute approximate surface area is 147 Å². The molecule has 0 bridgehead atoms. The molecular formula is C15H19N7O4. The molecule has 0 amide bonds. The lowest BCUT2D eigenvalue weighted by molar-refractivity contribution is -0.0511. The van der Waals surface area contributed by atoms with Gasteiger partial charge in [-0.05, 0) is 0 Å². The van der Waals surface area contributed by atoms with Gasteiger partial charge in [0.2, 0.25) is 0 Å². The number of ether oxygens (including phenoxy) is 1. The summed E-state index contributed by atoms with van der Waals surface area (Å²) in [5, 5.41) is 32.6. The molecular weight excluding hydrogens is 342 g/mol. The van der Waals surface area contributed by atoms with Crippen LogP contribution in [0.5, 0.6) is 0 Å². The van der Waals surface area contributed by atoms with Crippen LogP contribution in [-0.4, -0.2) is 76.3 Å². The Bertz CT molecular complexity index is 868. The summed E-state index contributed by atoms with van der Waals surface area (Å²) in [6.07, 6.45) is 2.89. The van der Waals surface area contributed by atoms with Gasteiger partial charge in [0, 0.05) is 19.2 Å². The zero-order chi connectivity index (χ0) is 18.1. The van der Waals surface area contributed by atoms with Gasteiger partial charge in [0.1, 0.15) is 24.6 Å². The summed E-state index contributed by atoms with van der Waals surface area (Å²) in [6.45, 7) is 0.216. The molecule has 1 fully saturated rings. The molecule has 4 atom stereocenters. The summed E-state index contributed by atoms with van der Waals surface area (Å²) in [4.78, 5) is 19.8. The number of H-pyrrole nitrogens is 1. The molecule has 11 heteroatoms. The van der Waals surface area contributed by atoms with Gasteiger partial charge in [-0.3, -0.25) is 4.57 Å². The van der Waals surface area contributed by atoms with Gasteiger partial charge in [0.25, 0.3) is 0 Å². The molecule has 0 aliphatic carbocycles. The van der Waals surface area contributed by atoms with E-state index in [4.69, 9.17) is 4.74 Å². The van der Waals surface area contributed by atoms with Gasteiger partial charge in [0.15, 0.2) is 23.2 Å². The van der Waals surface area contributed by atoms with E-state index < -0.39 is 31.1 Å². The molecule has 0 saturated carbocycles. The number of fused-ring (bicyclic) bond motifs is 1. The monoisotopic (exact) mass is 361 g/mol. The number of aliphatic hydroxyl groups excluding tert-OH is 3. The van der Waals surface area contributed by atoms with Crippen LogP contribution in [-0.2, 0) is 11.2 Å². The van der Waals surface area contributed by atoms with Crippen molar-refractivity contribution >= 4 is 17.0 Å². The van der Waals surface area contributed by atoms with E-state index in [0.29, 0.717) is 29.9 Å². The molecule has 1 aliphatic heterocycles. The number of nitrogens with one attached hydrogen (secondary N) is 2. The van der Waals surface area contributed by atoms with Crippen molar-refractivity contribution in [1.82, 2.24) is 29.5 Å². The fourth-order valence-electron chi connectivity index (χ4n) is 3.01. The number of anilines is 1. The van der Waals surface area contributed by atoms with Crippen molar-refractivity contribution in [3.8, 4) is 0 Å². The van der Waals surface area contributed by atoms with Gasteiger partial charge in [-0.15, -0.1) is 0 Å². The third kappa shape index (κ3) is 2.90. The average Bonchev–Trinajstić information content (AvgIpc) is 3.37. The van der Waals surface area contributed by atoms with E-state index >= 15 is 0 Å². The van der Waals surface area contributed by atoms with Gasteiger partial charge >= 0.3 is 0 Å². The first-order valence-electron chi connectivity index (χ1n) is 8.20. The summed E-state index contributed by atoms with van der Waals surface area (Å²) >= 11 is 0. The maximum absolute atomic E-state index is 10.2. The van der Waals surface area contributed by atoms with E-state index in [1.165, 1.54) is 17.2 Å². The fourth-order valence-corrected chi connectivity index (χ4v) is 3.01. The molecule has 4 unspecified atom stereocenters. The van der Waals surface area contributed by atoms with Crippen molar-refractivity contribution in [2.45, 2.75) is 31.0 Å². The molecule has 26 heavy (non-hydrogen) atoms. The molecule has 5 N–H and O–H groups in total. The van der Waals surface area contributed by atoms with E-state index in [1.807, 2.05) is 6.20 Å². The molecule has 11 nitrogen and oxygen atoms in total. The van der Waals surface area contributed by atoms with Crippen molar-refractivity contribution in [3.63, 3.8) is 0 Å². The number of aromatic amines is 1. The zero-order valence-electron chi connectivity index (χ0n) is 13.7. The number of aliphatic hydroxyl groups is 3. The highest BCUT2D eigenvalue weighted by Crippen LogP contribution is 2.31. The standard InChI is InChI=1S/C15H19N7O4/c23-4-9-11(24)12(25)15(26-9)22-7-21-10-13(19-6-20-14(10)22)17-2-1-8-3-16-5-18-8/h3,5-7,9,11-12,15,23-25H,1-2,4H2,(H,16,18)(H,17,19,20). The van der Waals surface area contributed by atoms with Gasteiger partial charge in [-0.1, -0.05) is 0 Å². The van der Waals surface area contributed by atoms with Crippen LogP contribution in [0.15, 0.2) is 25.2 Å². The van der Waals surface area contributed by atoms with E-state index in [1.54, 1.807) is 6.33 Å². The SMILES string of the molecule is OCC1OC(n2cnc3c(NCCc4c[nH]cn4)ncnc32)C(O)C1O. The third-order valence-corrected chi connectivity index (χ3v) is 4.38. The number of imidazole rings is 2. The minimum absolute atomic E-state index is 0.393. The van der Waals surface area contributed by atoms with Crippen molar-refractivity contribution in [1.29, 1.82) is 0 Å². The summed E-state index contributed by atoms with van der Waals surface area (Å²) in [5.74, 6) is 0.552. The van der Waals surface area contributed by atoms with Crippen molar-refractivity contribution in [2.24, 2.45) is 0 Å². The van der Waals surface area contributed by atoms with Gasteiger partial charge < -0.3 is 30.4 Å². The lowest BCUT2D eigenvalue weighted by atomic mass is 10.1. The molecule has 0 radical (unpaired) electrons. The quantitative estimate of drug-likeness (QED) is 0.365. The highest BCUT2D eigenvalue weighted by atomic mass is 16.6. The van der Waals surface area contributed by atoms with Crippen LogP contribution < -0.4 is 5.32 Å². The largest absolute Gasteiger partial charge is 0.394 e. The zero-order valence-corrected chi connectivity index (χ0v) is 13.7.